The highest BCUT2D eigenvalue weighted by atomic mass is 16.6. The summed E-state index contributed by atoms with van der Waals surface area (Å²) in [5.41, 5.74) is -0.124. The Kier molecular flexibility index (Phi) is 8.39. The first-order chi connectivity index (χ1) is 20.8. The SMILES string of the molecule is COC(=O)[C@]12CCC(C)(C)C[C@H]1C1=CC[C@@H]3[C@@]4(C)C[C@@H](OC(C)=O)[C@@H](OC(C)=O)[C@@](C)(COC(C)=O)[C@@H]4CC[C@@]3(C)[C@]1(C)CC2. The average Bonchev–Trinajstić information content (AvgIpc) is 2.93. The number of hydrogen-bond acceptors (Lipinski definition) is 8. The van der Waals surface area contributed by atoms with E-state index in [-0.39, 0.29) is 58.0 Å². The number of esters is 4. The minimum atomic E-state index is -0.753. The Balaban J connectivity index is 1.62. The Bertz CT molecular complexity index is 1280. The molecule has 4 saturated carbocycles. The van der Waals surface area contributed by atoms with E-state index in [9.17, 15) is 19.2 Å². The minimum absolute atomic E-state index is 0.0526. The fourth-order valence-electron chi connectivity index (χ4n) is 11.9. The highest BCUT2D eigenvalue weighted by Gasteiger charge is 2.71. The Labute approximate surface area is 269 Å². The zero-order valence-electron chi connectivity index (χ0n) is 29.3. The van der Waals surface area contributed by atoms with Crippen molar-refractivity contribution in [1.29, 1.82) is 0 Å². The molecule has 0 aliphatic heterocycles. The average molecular weight is 629 g/mol. The van der Waals surface area contributed by atoms with Gasteiger partial charge in [0.05, 0.1) is 12.5 Å². The topological polar surface area (TPSA) is 105 Å². The lowest BCUT2D eigenvalue weighted by molar-refractivity contribution is -0.255. The number of methoxy groups -OCH3 is 1. The standard InChI is InChI=1S/C37H56O8/c1-22(38)43-21-34(7)28-13-14-36(9)29(33(28,6)20-27(44-23(2)39)30(34)45-24(3)40)12-11-25-26-19-32(4,5)15-17-37(26,31(41)42-10)18-16-35(25,36)8/h11,26-30H,12-21H2,1-10H3/t26-,27+,28+,29+,30+,33-,34-,35+,36+,37-/m0/s1. The van der Waals surface area contributed by atoms with Crippen molar-refractivity contribution < 1.29 is 38.1 Å². The molecule has 252 valence electrons. The lowest BCUT2D eigenvalue weighted by atomic mass is 9.33. The van der Waals surface area contributed by atoms with Crippen LogP contribution in [0.5, 0.6) is 0 Å². The quantitative estimate of drug-likeness (QED) is 0.183. The molecule has 4 fully saturated rings. The summed E-state index contributed by atoms with van der Waals surface area (Å²) in [7, 11) is 1.54. The van der Waals surface area contributed by atoms with E-state index >= 15 is 0 Å². The molecule has 45 heavy (non-hydrogen) atoms. The maximum absolute atomic E-state index is 13.6. The van der Waals surface area contributed by atoms with E-state index in [1.807, 2.05) is 6.92 Å². The Morgan fingerprint density at radius 3 is 2.04 bits per heavy atom. The van der Waals surface area contributed by atoms with Gasteiger partial charge in [-0.05, 0) is 97.2 Å². The molecule has 0 N–H and O–H groups in total. The van der Waals surface area contributed by atoms with E-state index in [2.05, 4.69) is 40.7 Å². The number of carbonyl (C=O) groups excluding carboxylic acids is 4. The van der Waals surface area contributed by atoms with Crippen LogP contribution in [0.2, 0.25) is 0 Å². The van der Waals surface area contributed by atoms with E-state index in [1.165, 1.54) is 33.5 Å². The van der Waals surface area contributed by atoms with Crippen LogP contribution in [0.25, 0.3) is 0 Å². The van der Waals surface area contributed by atoms with Crippen LogP contribution in [0.1, 0.15) is 120 Å². The molecule has 0 amide bonds. The van der Waals surface area contributed by atoms with Crippen LogP contribution in [-0.2, 0) is 38.1 Å². The van der Waals surface area contributed by atoms with Crippen molar-refractivity contribution in [3.8, 4) is 0 Å². The molecule has 0 aromatic heterocycles. The summed E-state index contributed by atoms with van der Waals surface area (Å²) in [4.78, 5) is 50.6. The van der Waals surface area contributed by atoms with Crippen molar-refractivity contribution in [1.82, 2.24) is 0 Å². The van der Waals surface area contributed by atoms with Gasteiger partial charge in [0.1, 0.15) is 18.8 Å². The van der Waals surface area contributed by atoms with E-state index in [1.54, 1.807) is 0 Å². The first kappa shape index (κ1) is 34.0. The van der Waals surface area contributed by atoms with Gasteiger partial charge in [-0.3, -0.25) is 19.2 Å². The van der Waals surface area contributed by atoms with Gasteiger partial charge < -0.3 is 18.9 Å². The molecule has 8 nitrogen and oxygen atoms in total. The van der Waals surface area contributed by atoms with E-state index in [4.69, 9.17) is 18.9 Å². The molecule has 0 aromatic carbocycles. The van der Waals surface area contributed by atoms with Crippen molar-refractivity contribution >= 4 is 23.9 Å². The third-order valence-electron chi connectivity index (χ3n) is 14.1. The van der Waals surface area contributed by atoms with Gasteiger partial charge >= 0.3 is 23.9 Å². The summed E-state index contributed by atoms with van der Waals surface area (Å²) in [5.74, 6) is -0.853. The molecule has 5 aliphatic rings. The highest BCUT2D eigenvalue weighted by Crippen LogP contribution is 2.76. The maximum atomic E-state index is 13.6. The van der Waals surface area contributed by atoms with E-state index in [0.717, 1.165) is 51.4 Å². The van der Waals surface area contributed by atoms with Gasteiger partial charge in [-0.1, -0.05) is 53.2 Å². The summed E-state index contributed by atoms with van der Waals surface area (Å²) < 4.78 is 23.2. The molecular weight excluding hydrogens is 572 g/mol. The first-order valence-corrected chi connectivity index (χ1v) is 17.1. The van der Waals surface area contributed by atoms with E-state index < -0.39 is 35.0 Å². The van der Waals surface area contributed by atoms with Crippen LogP contribution in [0.4, 0.5) is 0 Å². The third kappa shape index (κ3) is 5.06. The van der Waals surface area contributed by atoms with Crippen LogP contribution in [0, 0.1) is 50.2 Å². The van der Waals surface area contributed by atoms with Crippen LogP contribution in [-0.4, -0.2) is 49.8 Å². The summed E-state index contributed by atoms with van der Waals surface area (Å²) >= 11 is 0. The normalized spacial score (nSPS) is 44.8. The highest BCUT2D eigenvalue weighted by molar-refractivity contribution is 5.78. The number of allylic oxidation sites excluding steroid dienone is 2. The van der Waals surface area contributed by atoms with Crippen LogP contribution < -0.4 is 0 Å². The predicted octanol–water partition coefficient (Wildman–Crippen LogP) is 6.98. The van der Waals surface area contributed by atoms with Gasteiger partial charge in [0.25, 0.3) is 0 Å². The monoisotopic (exact) mass is 628 g/mol. The second-order valence-corrected chi connectivity index (χ2v) is 17.0. The largest absolute Gasteiger partial charge is 0.469 e. The summed E-state index contributed by atoms with van der Waals surface area (Å²) in [6, 6.07) is 0. The van der Waals surface area contributed by atoms with Gasteiger partial charge in [0, 0.05) is 26.2 Å². The molecule has 0 heterocycles. The van der Waals surface area contributed by atoms with E-state index in [0.29, 0.717) is 6.42 Å². The summed E-state index contributed by atoms with van der Waals surface area (Å²) in [6.07, 6.45) is 8.94. The first-order valence-electron chi connectivity index (χ1n) is 17.1. The number of ether oxygens (including phenoxy) is 4. The molecule has 10 atom stereocenters. The Morgan fingerprint density at radius 2 is 1.44 bits per heavy atom. The molecule has 0 spiro atoms. The van der Waals surface area contributed by atoms with Crippen molar-refractivity contribution in [3.05, 3.63) is 11.6 Å². The molecule has 5 aliphatic carbocycles. The molecule has 0 aromatic rings. The number of rotatable bonds is 5. The second kappa shape index (κ2) is 11.1. The summed E-state index contributed by atoms with van der Waals surface area (Å²) in [5, 5.41) is 0. The van der Waals surface area contributed by atoms with Gasteiger partial charge in [0.2, 0.25) is 0 Å². The van der Waals surface area contributed by atoms with Crippen LogP contribution in [0.3, 0.4) is 0 Å². The molecule has 8 heteroatoms. The summed E-state index contributed by atoms with van der Waals surface area (Å²) in [6.45, 7) is 18.2. The van der Waals surface area contributed by atoms with Crippen LogP contribution in [0.15, 0.2) is 11.6 Å². The molecule has 0 radical (unpaired) electrons. The maximum Gasteiger partial charge on any atom is 0.312 e. The van der Waals surface area contributed by atoms with Gasteiger partial charge in [-0.15, -0.1) is 0 Å². The predicted molar refractivity (Wildman–Crippen MR) is 169 cm³/mol. The van der Waals surface area contributed by atoms with Gasteiger partial charge in [-0.2, -0.15) is 0 Å². The lowest BCUT2D eigenvalue weighted by Crippen LogP contribution is -2.69. The fraction of sp³-hybridized carbons (Fsp3) is 0.838. The lowest BCUT2D eigenvalue weighted by Gasteiger charge is -2.71. The number of hydrogen-bond donors (Lipinski definition) is 0. The minimum Gasteiger partial charge on any atom is -0.469 e. The van der Waals surface area contributed by atoms with Crippen LogP contribution >= 0.6 is 0 Å². The second-order valence-electron chi connectivity index (χ2n) is 17.0. The molecule has 5 rings (SSSR count). The zero-order valence-corrected chi connectivity index (χ0v) is 29.3. The molecule has 0 saturated heterocycles. The third-order valence-corrected chi connectivity index (χ3v) is 14.1. The molecule has 0 unspecified atom stereocenters. The molecule has 0 bridgehead atoms. The van der Waals surface area contributed by atoms with Crippen molar-refractivity contribution in [2.75, 3.05) is 13.7 Å². The van der Waals surface area contributed by atoms with Gasteiger partial charge in [0.15, 0.2) is 0 Å². The number of fused-ring (bicyclic) bond motifs is 7. The van der Waals surface area contributed by atoms with Crippen molar-refractivity contribution in [3.63, 3.8) is 0 Å². The van der Waals surface area contributed by atoms with Crippen molar-refractivity contribution in [2.45, 2.75) is 132 Å². The Morgan fingerprint density at radius 1 is 0.800 bits per heavy atom. The smallest absolute Gasteiger partial charge is 0.312 e. The zero-order chi connectivity index (χ0) is 33.4. The molecular formula is C37H56O8. The Hall–Kier alpha value is -2.38. The fourth-order valence-corrected chi connectivity index (χ4v) is 11.9. The number of carbonyl (C=O) groups is 4. The van der Waals surface area contributed by atoms with Crippen molar-refractivity contribution in [2.24, 2.45) is 50.2 Å². The van der Waals surface area contributed by atoms with Gasteiger partial charge in [-0.25, -0.2) is 0 Å².